The van der Waals surface area contributed by atoms with Crippen LogP contribution in [-0.2, 0) is 4.79 Å². The zero-order valence-electron chi connectivity index (χ0n) is 13.5. The van der Waals surface area contributed by atoms with Gasteiger partial charge in [0.1, 0.15) is 11.9 Å². The quantitative estimate of drug-likeness (QED) is 0.655. The van der Waals surface area contributed by atoms with Crippen molar-refractivity contribution in [2.24, 2.45) is 5.73 Å². The van der Waals surface area contributed by atoms with Crippen LogP contribution in [0, 0.1) is 13.8 Å². The third-order valence-electron chi connectivity index (χ3n) is 3.97. The highest BCUT2D eigenvalue weighted by molar-refractivity contribution is 5.83. The molecule has 0 bridgehead atoms. The Hall–Kier alpha value is -2.93. The van der Waals surface area contributed by atoms with E-state index in [-0.39, 0.29) is 0 Å². The molecule has 2 heterocycles. The molecule has 4 N–H and O–H groups in total. The van der Waals surface area contributed by atoms with Crippen LogP contribution < -0.4 is 11.1 Å². The van der Waals surface area contributed by atoms with Gasteiger partial charge in [-0.05, 0) is 13.8 Å². The van der Waals surface area contributed by atoms with E-state index in [0.717, 1.165) is 22.5 Å². The third kappa shape index (κ3) is 2.81. The summed E-state index contributed by atoms with van der Waals surface area (Å²) in [6, 6.07) is 10.6. The predicted octanol–water partition coefficient (Wildman–Crippen LogP) is 1.27. The molecule has 0 radical (unpaired) electrons. The molecule has 7 heteroatoms. The number of nitrogens with one attached hydrogen (secondary N) is 1. The van der Waals surface area contributed by atoms with Crippen molar-refractivity contribution >= 4 is 17.4 Å². The minimum absolute atomic E-state index is 0.404. The number of aryl methyl sites for hydroxylation is 2. The first-order valence-electron chi connectivity index (χ1n) is 7.60. The number of anilines is 1. The lowest BCUT2D eigenvalue weighted by Crippen LogP contribution is -2.39. The molecule has 0 saturated heterocycles. The molecule has 1 atom stereocenters. The van der Waals surface area contributed by atoms with E-state index < -0.39 is 18.6 Å². The number of fused-ring (bicyclic) bond motifs is 1. The van der Waals surface area contributed by atoms with Crippen molar-refractivity contribution in [1.29, 1.82) is 0 Å². The number of amides is 1. The van der Waals surface area contributed by atoms with Crippen molar-refractivity contribution in [2.75, 3.05) is 11.9 Å². The van der Waals surface area contributed by atoms with Crippen LogP contribution >= 0.6 is 0 Å². The number of hydrogen-bond acceptors (Lipinski definition) is 5. The van der Waals surface area contributed by atoms with Crippen molar-refractivity contribution in [2.45, 2.75) is 19.9 Å². The van der Waals surface area contributed by atoms with E-state index in [1.165, 1.54) is 0 Å². The van der Waals surface area contributed by atoms with Gasteiger partial charge in [0, 0.05) is 17.2 Å². The highest BCUT2D eigenvalue weighted by atomic mass is 16.3. The molecule has 7 nitrogen and oxygen atoms in total. The van der Waals surface area contributed by atoms with Crippen molar-refractivity contribution < 1.29 is 9.90 Å². The lowest BCUT2D eigenvalue weighted by Gasteiger charge is -2.16. The zero-order chi connectivity index (χ0) is 17.3. The number of aliphatic hydroxyl groups is 1. The molecule has 3 rings (SSSR count). The maximum atomic E-state index is 11.5. The van der Waals surface area contributed by atoms with Gasteiger partial charge in [0.2, 0.25) is 5.91 Å². The second kappa shape index (κ2) is 6.29. The van der Waals surface area contributed by atoms with E-state index in [2.05, 4.69) is 15.4 Å². The summed E-state index contributed by atoms with van der Waals surface area (Å²) >= 11 is 0. The Morgan fingerprint density at radius 3 is 2.67 bits per heavy atom. The third-order valence-corrected chi connectivity index (χ3v) is 3.97. The predicted molar refractivity (Wildman–Crippen MR) is 91.6 cm³/mol. The number of carbonyl (C=O) groups excluding carboxylic acids is 1. The van der Waals surface area contributed by atoms with Crippen LogP contribution in [0.4, 0.5) is 5.82 Å². The molecule has 0 aliphatic carbocycles. The number of aromatic nitrogens is 3. The van der Waals surface area contributed by atoms with Gasteiger partial charge in [-0.25, -0.2) is 4.98 Å². The largest absolute Gasteiger partial charge is 0.394 e. The molecule has 3 aromatic rings. The second-order valence-corrected chi connectivity index (χ2v) is 5.62. The topological polar surface area (TPSA) is 106 Å². The van der Waals surface area contributed by atoms with Crippen molar-refractivity contribution in [3.63, 3.8) is 0 Å². The fraction of sp³-hybridized carbons (Fsp3) is 0.235. The van der Waals surface area contributed by atoms with Gasteiger partial charge in [-0.15, -0.1) is 0 Å². The van der Waals surface area contributed by atoms with Gasteiger partial charge >= 0.3 is 0 Å². The van der Waals surface area contributed by atoms with Gasteiger partial charge in [-0.2, -0.15) is 9.61 Å². The fourth-order valence-electron chi connectivity index (χ4n) is 2.47. The van der Waals surface area contributed by atoms with E-state index in [0.29, 0.717) is 11.5 Å². The molecule has 0 fully saturated rings. The molecule has 1 aromatic carbocycles. The Balaban J connectivity index is 2.19. The van der Waals surface area contributed by atoms with E-state index in [1.807, 2.05) is 44.2 Å². The van der Waals surface area contributed by atoms with Crippen LogP contribution in [0.1, 0.15) is 11.3 Å². The van der Waals surface area contributed by atoms with Crippen LogP contribution in [0.3, 0.4) is 0 Å². The highest BCUT2D eigenvalue weighted by Crippen LogP contribution is 2.25. The van der Waals surface area contributed by atoms with Crippen molar-refractivity contribution in [3.8, 4) is 11.3 Å². The Morgan fingerprint density at radius 2 is 2.04 bits per heavy atom. The molecule has 0 aliphatic heterocycles. The summed E-state index contributed by atoms with van der Waals surface area (Å²) in [7, 11) is 0. The maximum Gasteiger partial charge on any atom is 0.242 e. The standard InChI is InChI=1S/C17H19N5O2/c1-10-11(2)21-22-15(19-14(9-23)16(18)24)8-13(20-17(10)22)12-6-4-3-5-7-12/h3-8,14,19,23H,9H2,1-2H3,(H2,18,24). The molecule has 2 aromatic heterocycles. The van der Waals surface area contributed by atoms with Gasteiger partial charge in [-0.3, -0.25) is 4.79 Å². The summed E-state index contributed by atoms with van der Waals surface area (Å²) < 4.78 is 1.63. The maximum absolute atomic E-state index is 11.5. The molecular weight excluding hydrogens is 306 g/mol. The van der Waals surface area contributed by atoms with E-state index in [4.69, 9.17) is 5.73 Å². The summed E-state index contributed by atoms with van der Waals surface area (Å²) in [4.78, 5) is 16.1. The van der Waals surface area contributed by atoms with Gasteiger partial charge in [0.15, 0.2) is 5.65 Å². The van der Waals surface area contributed by atoms with E-state index in [1.54, 1.807) is 10.6 Å². The average molecular weight is 325 g/mol. The lowest BCUT2D eigenvalue weighted by atomic mass is 10.1. The smallest absolute Gasteiger partial charge is 0.242 e. The van der Waals surface area contributed by atoms with Crippen LogP contribution in [0.2, 0.25) is 0 Å². The van der Waals surface area contributed by atoms with Crippen LogP contribution in [0.15, 0.2) is 36.4 Å². The first kappa shape index (κ1) is 15.9. The summed E-state index contributed by atoms with van der Waals surface area (Å²) in [6.45, 7) is 3.44. The first-order chi connectivity index (χ1) is 11.5. The minimum atomic E-state index is -0.899. The van der Waals surface area contributed by atoms with Gasteiger partial charge in [0.05, 0.1) is 18.0 Å². The van der Waals surface area contributed by atoms with E-state index in [9.17, 15) is 9.90 Å². The van der Waals surface area contributed by atoms with Crippen LogP contribution in [-0.4, -0.2) is 38.3 Å². The van der Waals surface area contributed by atoms with Gasteiger partial charge in [-0.1, -0.05) is 30.3 Å². The second-order valence-electron chi connectivity index (χ2n) is 5.62. The monoisotopic (exact) mass is 325 g/mol. The van der Waals surface area contributed by atoms with Crippen LogP contribution in [0.25, 0.3) is 16.9 Å². The minimum Gasteiger partial charge on any atom is -0.394 e. The Morgan fingerprint density at radius 1 is 1.33 bits per heavy atom. The van der Waals surface area contributed by atoms with Crippen molar-refractivity contribution in [3.05, 3.63) is 47.7 Å². The number of hydrogen-bond donors (Lipinski definition) is 3. The summed E-state index contributed by atoms with van der Waals surface area (Å²) in [5, 5.41) is 16.8. The normalized spacial score (nSPS) is 12.3. The fourth-order valence-corrected chi connectivity index (χ4v) is 2.47. The van der Waals surface area contributed by atoms with E-state index >= 15 is 0 Å². The molecular formula is C17H19N5O2. The lowest BCUT2D eigenvalue weighted by molar-refractivity contribution is -0.119. The highest BCUT2D eigenvalue weighted by Gasteiger charge is 2.18. The number of benzene rings is 1. The molecule has 24 heavy (non-hydrogen) atoms. The Kier molecular flexibility index (Phi) is 4.18. The summed E-state index contributed by atoms with van der Waals surface area (Å²) in [6.07, 6.45) is 0. The molecule has 0 aliphatic rings. The number of rotatable bonds is 5. The first-order valence-corrected chi connectivity index (χ1v) is 7.60. The molecule has 0 spiro atoms. The Labute approximate surface area is 139 Å². The SMILES string of the molecule is Cc1nn2c(NC(CO)C(N)=O)cc(-c3ccccc3)nc2c1C. The van der Waals surface area contributed by atoms with Gasteiger partial charge in [0.25, 0.3) is 0 Å². The zero-order valence-corrected chi connectivity index (χ0v) is 13.5. The van der Waals surface area contributed by atoms with Crippen molar-refractivity contribution in [1.82, 2.24) is 14.6 Å². The number of aliphatic hydroxyl groups excluding tert-OH is 1. The number of nitrogens with zero attached hydrogens (tertiary/aromatic N) is 3. The number of carbonyl (C=O) groups is 1. The summed E-state index contributed by atoms with van der Waals surface area (Å²) in [5.74, 6) is -0.0859. The van der Waals surface area contributed by atoms with Gasteiger partial charge < -0.3 is 16.2 Å². The Bertz CT molecular complexity index is 889. The van der Waals surface area contributed by atoms with Crippen LogP contribution in [0.5, 0.6) is 0 Å². The molecule has 124 valence electrons. The molecule has 1 unspecified atom stereocenters. The number of primary amides is 1. The summed E-state index contributed by atoms with van der Waals surface area (Å²) in [5.41, 5.74) is 9.50. The molecule has 0 saturated carbocycles. The average Bonchev–Trinajstić information content (AvgIpc) is 2.88. The molecule has 1 amide bonds. The number of nitrogens with two attached hydrogens (primary N) is 1.